The number of rotatable bonds is 8. The summed E-state index contributed by atoms with van der Waals surface area (Å²) in [5, 5.41) is 3.24. The Morgan fingerprint density at radius 2 is 0.771 bits per heavy atom. The summed E-state index contributed by atoms with van der Waals surface area (Å²) in [5.41, 5.74) is 4.06. The fraction of sp³-hybridized carbons (Fsp3) is 0.0667. The van der Waals surface area contributed by atoms with Crippen molar-refractivity contribution in [2.24, 2.45) is 0 Å². The molecule has 35 heavy (non-hydrogen) atoms. The molecule has 0 unspecified atom stereocenters. The number of carbonyl (C=O) groups is 4. The topological polar surface area (TPSA) is 80.3 Å². The number of hydrogen-bond donors (Lipinski definition) is 1. The molecule has 0 spiro atoms. The average molecular weight is 462 g/mol. The Bertz CT molecular complexity index is 1320. The third kappa shape index (κ3) is 5.14. The number of hydrogen-bond acceptors (Lipinski definition) is 5. The van der Waals surface area contributed by atoms with Crippen LogP contribution in [0.15, 0.2) is 97.1 Å². The van der Waals surface area contributed by atoms with Crippen LogP contribution in [0.3, 0.4) is 0 Å². The van der Waals surface area contributed by atoms with Crippen LogP contribution < -0.4 is 5.32 Å². The molecular weight excluding hydrogens is 438 g/mol. The van der Waals surface area contributed by atoms with E-state index < -0.39 is 0 Å². The molecule has 0 aromatic heterocycles. The SMILES string of the molecule is CC(=O)c1ccccc1C(=O)c1ccc(Nc2ccc(C(=O)c3ccccc3C(C)=O)cc2)cc1. The van der Waals surface area contributed by atoms with Crippen molar-refractivity contribution in [3.8, 4) is 0 Å². The quantitative estimate of drug-likeness (QED) is 0.312. The first-order valence-electron chi connectivity index (χ1n) is 11.1. The van der Waals surface area contributed by atoms with Crippen molar-refractivity contribution in [1.82, 2.24) is 0 Å². The molecule has 0 aliphatic rings. The lowest BCUT2D eigenvalue weighted by Crippen LogP contribution is -2.08. The highest BCUT2D eigenvalue weighted by Crippen LogP contribution is 2.22. The molecule has 5 heteroatoms. The van der Waals surface area contributed by atoms with Gasteiger partial charge in [-0.15, -0.1) is 0 Å². The molecule has 0 aliphatic heterocycles. The van der Waals surface area contributed by atoms with Crippen LogP contribution >= 0.6 is 0 Å². The maximum absolute atomic E-state index is 12.9. The Kier molecular flexibility index (Phi) is 6.78. The lowest BCUT2D eigenvalue weighted by molar-refractivity contribution is 0.0989. The van der Waals surface area contributed by atoms with Crippen molar-refractivity contribution in [3.63, 3.8) is 0 Å². The van der Waals surface area contributed by atoms with Crippen molar-refractivity contribution in [2.75, 3.05) is 5.32 Å². The van der Waals surface area contributed by atoms with E-state index in [1.807, 2.05) is 0 Å². The molecule has 4 rings (SSSR count). The predicted octanol–water partition coefficient (Wildman–Crippen LogP) is 6.30. The predicted molar refractivity (Wildman–Crippen MR) is 136 cm³/mol. The number of Topliss-reactive ketones (excluding diaryl/α,β-unsaturated/α-hetero) is 2. The summed E-state index contributed by atoms with van der Waals surface area (Å²) in [6.45, 7) is 2.89. The van der Waals surface area contributed by atoms with Crippen LogP contribution in [0.5, 0.6) is 0 Å². The lowest BCUT2D eigenvalue weighted by Gasteiger charge is -2.10. The molecular formula is C30H23NO4. The van der Waals surface area contributed by atoms with Gasteiger partial charge in [-0.1, -0.05) is 48.5 Å². The first kappa shape index (κ1) is 23.5. The van der Waals surface area contributed by atoms with E-state index in [0.717, 1.165) is 11.4 Å². The second kappa shape index (κ2) is 10.1. The zero-order chi connectivity index (χ0) is 24.9. The van der Waals surface area contributed by atoms with E-state index in [0.29, 0.717) is 33.4 Å². The van der Waals surface area contributed by atoms with Gasteiger partial charge >= 0.3 is 0 Å². The molecule has 0 atom stereocenters. The van der Waals surface area contributed by atoms with Gasteiger partial charge in [0, 0.05) is 44.8 Å². The minimum Gasteiger partial charge on any atom is -0.356 e. The maximum Gasteiger partial charge on any atom is 0.193 e. The first-order chi connectivity index (χ1) is 16.8. The molecule has 4 aromatic carbocycles. The Hall–Kier alpha value is -4.64. The molecule has 0 bridgehead atoms. The zero-order valence-electron chi connectivity index (χ0n) is 19.4. The third-order valence-electron chi connectivity index (χ3n) is 5.68. The highest BCUT2D eigenvalue weighted by atomic mass is 16.1. The standard InChI is InChI=1S/C30H23NO4/c1-19(32)25-7-3-5-9-27(25)29(34)21-11-15-23(16-12-21)31-24-17-13-22(14-18-24)30(35)28-10-6-4-8-26(28)20(2)33/h3-18,31H,1-2H3. The Morgan fingerprint density at radius 3 is 1.09 bits per heavy atom. The van der Waals surface area contributed by atoms with Gasteiger partial charge in [0.15, 0.2) is 23.1 Å². The monoisotopic (exact) mass is 461 g/mol. The van der Waals surface area contributed by atoms with Gasteiger partial charge in [-0.3, -0.25) is 19.2 Å². The van der Waals surface area contributed by atoms with Crippen LogP contribution in [-0.4, -0.2) is 23.1 Å². The Labute approximate surface area is 203 Å². The number of nitrogens with one attached hydrogen (secondary N) is 1. The smallest absolute Gasteiger partial charge is 0.193 e. The van der Waals surface area contributed by atoms with Crippen molar-refractivity contribution in [3.05, 3.63) is 130 Å². The molecule has 0 heterocycles. The third-order valence-corrected chi connectivity index (χ3v) is 5.68. The van der Waals surface area contributed by atoms with Crippen LogP contribution in [0.2, 0.25) is 0 Å². The van der Waals surface area contributed by atoms with Crippen molar-refractivity contribution in [1.29, 1.82) is 0 Å². The molecule has 0 saturated heterocycles. The van der Waals surface area contributed by atoms with Gasteiger partial charge < -0.3 is 5.32 Å². The average Bonchev–Trinajstić information content (AvgIpc) is 2.88. The summed E-state index contributed by atoms with van der Waals surface area (Å²) in [4.78, 5) is 49.5. The molecule has 5 nitrogen and oxygen atoms in total. The molecule has 1 N–H and O–H groups in total. The van der Waals surface area contributed by atoms with Crippen LogP contribution in [0.1, 0.15) is 66.4 Å². The minimum absolute atomic E-state index is 0.154. The summed E-state index contributed by atoms with van der Waals surface area (Å²) in [6.07, 6.45) is 0. The highest BCUT2D eigenvalue weighted by Gasteiger charge is 2.17. The fourth-order valence-electron chi connectivity index (χ4n) is 3.86. The molecule has 0 fully saturated rings. The largest absolute Gasteiger partial charge is 0.356 e. The van der Waals surface area contributed by atoms with Gasteiger partial charge in [0.1, 0.15) is 0 Å². The van der Waals surface area contributed by atoms with Crippen LogP contribution in [0, 0.1) is 0 Å². The Balaban J connectivity index is 1.48. The van der Waals surface area contributed by atoms with Crippen molar-refractivity contribution >= 4 is 34.5 Å². The maximum atomic E-state index is 12.9. The number of anilines is 2. The summed E-state index contributed by atoms with van der Waals surface area (Å²) < 4.78 is 0. The zero-order valence-corrected chi connectivity index (χ0v) is 19.4. The minimum atomic E-state index is -0.212. The molecule has 0 saturated carbocycles. The van der Waals surface area contributed by atoms with Crippen LogP contribution in [0.4, 0.5) is 11.4 Å². The summed E-state index contributed by atoms with van der Waals surface area (Å²) in [5.74, 6) is -0.731. The van der Waals surface area contributed by atoms with Crippen molar-refractivity contribution in [2.45, 2.75) is 13.8 Å². The normalized spacial score (nSPS) is 10.5. The van der Waals surface area contributed by atoms with Gasteiger partial charge in [0.05, 0.1) is 0 Å². The van der Waals surface area contributed by atoms with Crippen LogP contribution in [-0.2, 0) is 0 Å². The lowest BCUT2D eigenvalue weighted by atomic mass is 9.96. The number of benzene rings is 4. The number of carbonyl (C=O) groups excluding carboxylic acids is 4. The van der Waals surface area contributed by atoms with E-state index in [1.165, 1.54) is 13.8 Å². The fourth-order valence-corrected chi connectivity index (χ4v) is 3.86. The molecule has 4 aromatic rings. The second-order valence-electron chi connectivity index (χ2n) is 8.14. The molecule has 0 amide bonds. The van der Waals surface area contributed by atoms with Gasteiger partial charge in [-0.2, -0.15) is 0 Å². The summed E-state index contributed by atoms with van der Waals surface area (Å²) in [6, 6.07) is 27.5. The van der Waals surface area contributed by atoms with Gasteiger partial charge in [-0.05, 0) is 62.4 Å². The van der Waals surface area contributed by atoms with Gasteiger partial charge in [0.25, 0.3) is 0 Å². The first-order valence-corrected chi connectivity index (χ1v) is 11.1. The Morgan fingerprint density at radius 1 is 0.457 bits per heavy atom. The van der Waals surface area contributed by atoms with E-state index in [1.54, 1.807) is 97.1 Å². The molecule has 0 aliphatic carbocycles. The van der Waals surface area contributed by atoms with E-state index >= 15 is 0 Å². The van der Waals surface area contributed by atoms with E-state index in [4.69, 9.17) is 0 Å². The van der Waals surface area contributed by atoms with E-state index in [-0.39, 0.29) is 23.1 Å². The summed E-state index contributed by atoms with van der Waals surface area (Å²) >= 11 is 0. The second-order valence-corrected chi connectivity index (χ2v) is 8.14. The summed E-state index contributed by atoms with van der Waals surface area (Å²) in [7, 11) is 0. The molecule has 172 valence electrons. The van der Waals surface area contributed by atoms with Crippen molar-refractivity contribution < 1.29 is 19.2 Å². The van der Waals surface area contributed by atoms with Gasteiger partial charge in [-0.25, -0.2) is 0 Å². The molecule has 0 radical (unpaired) electrons. The van der Waals surface area contributed by atoms with Crippen LogP contribution in [0.25, 0.3) is 0 Å². The number of ketones is 4. The van der Waals surface area contributed by atoms with Gasteiger partial charge in [0.2, 0.25) is 0 Å². The highest BCUT2D eigenvalue weighted by molar-refractivity contribution is 6.16. The van der Waals surface area contributed by atoms with E-state index in [2.05, 4.69) is 5.32 Å². The van der Waals surface area contributed by atoms with E-state index in [9.17, 15) is 19.2 Å².